The van der Waals surface area contributed by atoms with E-state index in [2.05, 4.69) is 60.6 Å². The molecule has 0 fully saturated rings. The van der Waals surface area contributed by atoms with E-state index < -0.39 is 0 Å². The maximum atomic E-state index is 12.9. The van der Waals surface area contributed by atoms with Gasteiger partial charge in [0.05, 0.1) is 0 Å². The van der Waals surface area contributed by atoms with Crippen molar-refractivity contribution in [2.45, 2.75) is 54.9 Å². The van der Waals surface area contributed by atoms with E-state index in [4.69, 9.17) is 0 Å². The molecule has 0 radical (unpaired) electrons. The summed E-state index contributed by atoms with van der Waals surface area (Å²) in [5, 5.41) is 0. The fourth-order valence-corrected chi connectivity index (χ4v) is 2.55. The first kappa shape index (κ1) is 16.0. The van der Waals surface area contributed by atoms with E-state index in [1.54, 1.807) is 0 Å². The number of hydrogen-bond acceptors (Lipinski definition) is 1. The number of amides is 1. The highest BCUT2D eigenvalue weighted by molar-refractivity contribution is 5.96. The van der Waals surface area contributed by atoms with Crippen LogP contribution in [0, 0.1) is 10.8 Å². The number of hydrogen-bond donors (Lipinski definition) is 0. The van der Waals surface area contributed by atoms with E-state index in [1.165, 1.54) is 5.57 Å². The van der Waals surface area contributed by atoms with E-state index >= 15 is 0 Å². The molecule has 1 rings (SSSR count). The van der Waals surface area contributed by atoms with Crippen molar-refractivity contribution in [1.29, 1.82) is 0 Å². The number of nitrogens with zero attached hydrogens (tertiary/aromatic N) is 1. The lowest BCUT2D eigenvalue weighted by Gasteiger charge is -2.32. The summed E-state index contributed by atoms with van der Waals surface area (Å²) in [5.74, 6) is 0.212. The zero-order valence-electron chi connectivity index (χ0n) is 13.6. The van der Waals surface area contributed by atoms with Gasteiger partial charge in [0.2, 0.25) is 0 Å². The Balaban J connectivity index is 3.39. The maximum absolute atomic E-state index is 12.9. The molecule has 1 heterocycles. The van der Waals surface area contributed by atoms with Crippen LogP contribution in [0.4, 0.5) is 0 Å². The molecule has 19 heavy (non-hydrogen) atoms. The summed E-state index contributed by atoms with van der Waals surface area (Å²) in [5.41, 5.74) is 2.03. The second-order valence-electron chi connectivity index (χ2n) is 7.44. The van der Waals surface area contributed by atoms with Crippen molar-refractivity contribution in [1.82, 2.24) is 4.90 Å². The fourth-order valence-electron chi connectivity index (χ4n) is 2.55. The van der Waals surface area contributed by atoms with Crippen molar-refractivity contribution in [2.24, 2.45) is 10.8 Å². The first-order chi connectivity index (χ1) is 8.59. The molecular weight excluding hydrogens is 234 g/mol. The summed E-state index contributed by atoms with van der Waals surface area (Å²) >= 11 is 0. The molecule has 0 saturated heterocycles. The van der Waals surface area contributed by atoms with Gasteiger partial charge < -0.3 is 4.90 Å². The number of allylic oxidation sites excluding steroid dienone is 2. The zero-order valence-corrected chi connectivity index (χ0v) is 13.6. The van der Waals surface area contributed by atoms with E-state index in [-0.39, 0.29) is 16.7 Å². The van der Waals surface area contributed by atoms with Gasteiger partial charge >= 0.3 is 0 Å². The topological polar surface area (TPSA) is 20.3 Å². The molecule has 0 saturated carbocycles. The molecule has 0 aliphatic carbocycles. The van der Waals surface area contributed by atoms with E-state index in [0.29, 0.717) is 0 Å². The van der Waals surface area contributed by atoms with Crippen molar-refractivity contribution in [3.8, 4) is 0 Å². The van der Waals surface area contributed by atoms with Gasteiger partial charge in [-0.05, 0) is 22.8 Å². The minimum absolute atomic E-state index is 0.00298. The first-order valence-corrected chi connectivity index (χ1v) is 7.30. The molecule has 0 aromatic heterocycles. The molecule has 0 bridgehead atoms. The lowest BCUT2D eigenvalue weighted by Crippen LogP contribution is -2.37. The Bertz CT molecular complexity index is 402. The Morgan fingerprint density at radius 1 is 1.11 bits per heavy atom. The highest BCUT2D eigenvalue weighted by atomic mass is 16.2. The molecule has 0 aromatic carbocycles. The smallest absolute Gasteiger partial charge is 0.250 e. The number of carbonyl (C=O) groups is 1. The van der Waals surface area contributed by atoms with Gasteiger partial charge in [-0.2, -0.15) is 0 Å². The molecular formula is C17H29NO. The van der Waals surface area contributed by atoms with Crippen LogP contribution in [0.1, 0.15) is 54.9 Å². The maximum Gasteiger partial charge on any atom is 0.250 e. The largest absolute Gasteiger partial charge is 0.335 e. The molecule has 108 valence electrons. The van der Waals surface area contributed by atoms with Gasteiger partial charge in [-0.15, -0.1) is 0 Å². The van der Waals surface area contributed by atoms with Gasteiger partial charge in [-0.3, -0.25) is 4.79 Å². The molecule has 2 nitrogen and oxygen atoms in total. The van der Waals surface area contributed by atoms with Gasteiger partial charge in [0.15, 0.2) is 0 Å². The lowest BCUT2D eigenvalue weighted by atomic mass is 9.74. The summed E-state index contributed by atoms with van der Waals surface area (Å²) in [6.07, 6.45) is 5.29. The summed E-state index contributed by atoms with van der Waals surface area (Å²) in [7, 11) is 0. The predicted octanol–water partition coefficient (Wildman–Crippen LogP) is 4.18. The van der Waals surface area contributed by atoms with Crippen LogP contribution in [0.15, 0.2) is 23.3 Å². The minimum Gasteiger partial charge on any atom is -0.335 e. The normalized spacial score (nSPS) is 18.1. The van der Waals surface area contributed by atoms with Crippen LogP contribution in [0.5, 0.6) is 0 Å². The standard InChI is InChI=1S/C17H29NO/c1-8-11-18-12-9-10-13(16(2,3)4)14(15(18)19)17(5,6)7/h9-10H,8,11-12H2,1-7H3. The third kappa shape index (κ3) is 3.71. The Morgan fingerprint density at radius 3 is 2.11 bits per heavy atom. The highest BCUT2D eigenvalue weighted by Gasteiger charge is 2.34. The van der Waals surface area contributed by atoms with Crippen molar-refractivity contribution in [2.75, 3.05) is 13.1 Å². The van der Waals surface area contributed by atoms with Crippen molar-refractivity contribution in [3.05, 3.63) is 23.3 Å². The molecule has 0 atom stereocenters. The Morgan fingerprint density at radius 2 is 1.68 bits per heavy atom. The Labute approximate surface area is 118 Å². The molecule has 0 unspecified atom stereocenters. The van der Waals surface area contributed by atoms with Crippen molar-refractivity contribution < 1.29 is 4.79 Å². The SMILES string of the molecule is CCCN1CC=CC(C(C)(C)C)=C(C(C)(C)C)C1=O. The van der Waals surface area contributed by atoms with Crippen LogP contribution >= 0.6 is 0 Å². The van der Waals surface area contributed by atoms with Crippen LogP contribution in [0.2, 0.25) is 0 Å². The minimum atomic E-state index is -0.125. The van der Waals surface area contributed by atoms with E-state index in [1.807, 2.05) is 4.90 Å². The molecule has 0 spiro atoms. The Kier molecular flexibility index (Phi) is 4.65. The van der Waals surface area contributed by atoms with E-state index in [0.717, 1.165) is 25.1 Å². The lowest BCUT2D eigenvalue weighted by molar-refractivity contribution is -0.127. The van der Waals surface area contributed by atoms with Crippen molar-refractivity contribution in [3.63, 3.8) is 0 Å². The average Bonchev–Trinajstić information content (AvgIpc) is 2.38. The molecule has 0 aromatic rings. The summed E-state index contributed by atoms with van der Waals surface area (Å²) in [6.45, 7) is 16.6. The van der Waals surface area contributed by atoms with Crippen LogP contribution in [0.25, 0.3) is 0 Å². The molecule has 1 aliphatic rings. The van der Waals surface area contributed by atoms with E-state index in [9.17, 15) is 4.79 Å². The summed E-state index contributed by atoms with van der Waals surface area (Å²) < 4.78 is 0. The third-order valence-corrected chi connectivity index (χ3v) is 3.43. The zero-order chi connectivity index (χ0) is 14.8. The van der Waals surface area contributed by atoms with Crippen LogP contribution in [-0.2, 0) is 4.79 Å². The first-order valence-electron chi connectivity index (χ1n) is 7.30. The van der Waals surface area contributed by atoms with Gasteiger partial charge in [-0.25, -0.2) is 0 Å². The summed E-state index contributed by atoms with van der Waals surface area (Å²) in [6, 6.07) is 0. The van der Waals surface area contributed by atoms with Gasteiger partial charge in [0, 0.05) is 18.7 Å². The Hall–Kier alpha value is -1.05. The number of rotatable bonds is 2. The van der Waals surface area contributed by atoms with Gasteiger partial charge in [0.1, 0.15) is 0 Å². The van der Waals surface area contributed by atoms with Crippen LogP contribution in [0.3, 0.4) is 0 Å². The fraction of sp³-hybridized carbons (Fsp3) is 0.706. The monoisotopic (exact) mass is 263 g/mol. The molecule has 1 amide bonds. The quantitative estimate of drug-likeness (QED) is 0.731. The molecule has 0 N–H and O–H groups in total. The van der Waals surface area contributed by atoms with Crippen molar-refractivity contribution >= 4 is 5.91 Å². The van der Waals surface area contributed by atoms with Gasteiger partial charge in [0.25, 0.3) is 5.91 Å². The second-order valence-corrected chi connectivity index (χ2v) is 7.44. The van der Waals surface area contributed by atoms with Crippen LogP contribution < -0.4 is 0 Å². The predicted molar refractivity (Wildman–Crippen MR) is 81.9 cm³/mol. The summed E-state index contributed by atoms with van der Waals surface area (Å²) in [4.78, 5) is 14.8. The average molecular weight is 263 g/mol. The third-order valence-electron chi connectivity index (χ3n) is 3.43. The highest BCUT2D eigenvalue weighted by Crippen LogP contribution is 2.39. The number of carbonyl (C=O) groups excluding carboxylic acids is 1. The molecule has 1 aliphatic heterocycles. The van der Waals surface area contributed by atoms with Gasteiger partial charge in [-0.1, -0.05) is 60.6 Å². The molecule has 2 heteroatoms. The van der Waals surface area contributed by atoms with Crippen LogP contribution in [-0.4, -0.2) is 23.9 Å². The second kappa shape index (κ2) is 5.52.